The molecule has 0 bridgehead atoms. The molecule has 5 heteroatoms. The average molecular weight is 197 g/mol. The first-order valence-electron chi connectivity index (χ1n) is 4.64. The second kappa shape index (κ2) is 3.08. The Labute approximate surface area is 80.6 Å². The highest BCUT2D eigenvalue weighted by Crippen LogP contribution is 2.39. The maximum absolute atomic E-state index is 11.2. The van der Waals surface area contributed by atoms with Gasteiger partial charge in [0.15, 0.2) is 0 Å². The fraction of sp³-hybridized carbons (Fsp3) is 0.667. The third-order valence-electron chi connectivity index (χ3n) is 3.06. The van der Waals surface area contributed by atoms with Crippen molar-refractivity contribution in [3.8, 4) is 0 Å². The highest BCUT2D eigenvalue weighted by molar-refractivity contribution is 5.97. The van der Waals surface area contributed by atoms with E-state index in [0.717, 1.165) is 0 Å². The van der Waals surface area contributed by atoms with Crippen LogP contribution in [0.5, 0.6) is 0 Å². The maximum atomic E-state index is 11.2. The van der Waals surface area contributed by atoms with Crippen molar-refractivity contribution in [2.24, 2.45) is 23.5 Å². The Hall–Kier alpha value is -1.39. The zero-order valence-electron chi connectivity index (χ0n) is 7.56. The second-order valence-corrected chi connectivity index (χ2v) is 3.87. The quantitative estimate of drug-likeness (QED) is 0.457. The number of carbonyl (C=O) groups is 3. The van der Waals surface area contributed by atoms with Crippen LogP contribution in [0.25, 0.3) is 0 Å². The summed E-state index contributed by atoms with van der Waals surface area (Å²) in [5, 5.41) is 0. The molecule has 2 fully saturated rings. The highest BCUT2D eigenvalue weighted by atomic mass is 16.6. The van der Waals surface area contributed by atoms with Gasteiger partial charge in [0.2, 0.25) is 5.91 Å². The molecule has 1 saturated carbocycles. The Morgan fingerprint density at radius 2 is 1.86 bits per heavy atom. The Balaban J connectivity index is 2.13. The molecule has 3 unspecified atom stereocenters. The van der Waals surface area contributed by atoms with E-state index in [-0.39, 0.29) is 11.8 Å². The van der Waals surface area contributed by atoms with E-state index in [1.54, 1.807) is 0 Å². The molecule has 14 heavy (non-hydrogen) atoms. The minimum absolute atomic E-state index is 0.283. The van der Waals surface area contributed by atoms with E-state index in [1.165, 1.54) is 0 Å². The summed E-state index contributed by atoms with van der Waals surface area (Å²) in [6, 6.07) is 0. The molecule has 0 aromatic carbocycles. The van der Waals surface area contributed by atoms with Crippen LogP contribution in [0.3, 0.4) is 0 Å². The average Bonchev–Trinajstić information content (AvgIpc) is 2.42. The lowest BCUT2D eigenvalue weighted by molar-refractivity contribution is -0.153. The van der Waals surface area contributed by atoms with Gasteiger partial charge >= 0.3 is 11.9 Å². The topological polar surface area (TPSA) is 86.5 Å². The summed E-state index contributed by atoms with van der Waals surface area (Å²) in [4.78, 5) is 33.2. The molecule has 0 aromatic heterocycles. The number of hydrogen-bond donors (Lipinski definition) is 1. The number of fused-ring (bicyclic) bond motifs is 1. The van der Waals surface area contributed by atoms with Gasteiger partial charge in [-0.05, 0) is 19.3 Å². The predicted octanol–water partition coefficient (Wildman–Crippen LogP) is -0.412. The van der Waals surface area contributed by atoms with Gasteiger partial charge in [-0.3, -0.25) is 14.4 Å². The molecule has 1 aliphatic heterocycles. The van der Waals surface area contributed by atoms with Crippen LogP contribution in [0.4, 0.5) is 0 Å². The van der Waals surface area contributed by atoms with E-state index in [4.69, 9.17) is 5.73 Å². The predicted molar refractivity (Wildman–Crippen MR) is 44.6 cm³/mol. The van der Waals surface area contributed by atoms with Gasteiger partial charge in [-0.25, -0.2) is 0 Å². The summed E-state index contributed by atoms with van der Waals surface area (Å²) >= 11 is 0. The van der Waals surface area contributed by atoms with E-state index in [9.17, 15) is 14.4 Å². The zero-order chi connectivity index (χ0) is 10.3. The number of amides is 1. The Morgan fingerprint density at radius 1 is 1.21 bits per heavy atom. The molecule has 1 saturated heterocycles. The first-order valence-corrected chi connectivity index (χ1v) is 4.64. The summed E-state index contributed by atoms with van der Waals surface area (Å²) in [5.41, 5.74) is 5.15. The molecule has 1 aliphatic carbocycles. The molecule has 3 atom stereocenters. The number of esters is 2. The molecule has 0 aromatic rings. The van der Waals surface area contributed by atoms with Gasteiger partial charge < -0.3 is 10.5 Å². The molecule has 76 valence electrons. The summed E-state index contributed by atoms with van der Waals surface area (Å²) < 4.78 is 4.51. The zero-order valence-corrected chi connectivity index (χ0v) is 7.56. The second-order valence-electron chi connectivity index (χ2n) is 3.87. The van der Waals surface area contributed by atoms with E-state index < -0.39 is 23.8 Å². The van der Waals surface area contributed by atoms with Crippen molar-refractivity contribution in [3.63, 3.8) is 0 Å². The van der Waals surface area contributed by atoms with Gasteiger partial charge in [-0.15, -0.1) is 0 Å². The maximum Gasteiger partial charge on any atom is 0.317 e. The van der Waals surface area contributed by atoms with Crippen LogP contribution >= 0.6 is 0 Å². The smallest absolute Gasteiger partial charge is 0.317 e. The number of nitrogens with two attached hydrogens (primary N) is 1. The van der Waals surface area contributed by atoms with Gasteiger partial charge in [0.1, 0.15) is 0 Å². The van der Waals surface area contributed by atoms with E-state index >= 15 is 0 Å². The third kappa shape index (κ3) is 1.29. The largest absolute Gasteiger partial charge is 0.393 e. The number of primary amides is 1. The molecule has 0 spiro atoms. The molecule has 1 heterocycles. The normalized spacial score (nSPS) is 36.4. The van der Waals surface area contributed by atoms with Crippen LogP contribution in [-0.4, -0.2) is 17.8 Å². The molecular weight excluding hydrogens is 186 g/mol. The van der Waals surface area contributed by atoms with E-state index in [1.807, 2.05) is 0 Å². The molecule has 0 radical (unpaired) electrons. The van der Waals surface area contributed by atoms with Crippen LogP contribution in [-0.2, 0) is 19.1 Å². The van der Waals surface area contributed by atoms with Gasteiger partial charge in [-0.2, -0.15) is 0 Å². The fourth-order valence-electron chi connectivity index (χ4n) is 2.22. The van der Waals surface area contributed by atoms with Gasteiger partial charge in [0.05, 0.1) is 11.8 Å². The van der Waals surface area contributed by atoms with Crippen molar-refractivity contribution in [3.05, 3.63) is 0 Å². The van der Waals surface area contributed by atoms with Crippen LogP contribution < -0.4 is 5.73 Å². The molecule has 2 N–H and O–H groups in total. The number of hydrogen-bond acceptors (Lipinski definition) is 4. The Kier molecular flexibility index (Phi) is 2.02. The SMILES string of the molecule is NC(=O)C1CCC2C(=O)OC(=O)C2C1. The molecule has 1 amide bonds. The molecule has 2 rings (SSSR count). The first-order chi connectivity index (χ1) is 6.59. The van der Waals surface area contributed by atoms with Crippen LogP contribution in [0.15, 0.2) is 0 Å². The summed E-state index contributed by atoms with van der Waals surface area (Å²) in [6.07, 6.45) is 1.48. The fourth-order valence-corrected chi connectivity index (χ4v) is 2.22. The van der Waals surface area contributed by atoms with E-state index in [0.29, 0.717) is 19.3 Å². The van der Waals surface area contributed by atoms with Gasteiger partial charge in [0, 0.05) is 5.92 Å². The summed E-state index contributed by atoms with van der Waals surface area (Å²) in [6.45, 7) is 0. The lowest BCUT2D eigenvalue weighted by Gasteiger charge is -2.25. The first kappa shape index (κ1) is 9.18. The number of ether oxygens (including phenoxy) is 1. The van der Waals surface area contributed by atoms with Crippen LogP contribution in [0.2, 0.25) is 0 Å². The van der Waals surface area contributed by atoms with Crippen molar-refractivity contribution in [2.45, 2.75) is 19.3 Å². The monoisotopic (exact) mass is 197 g/mol. The Morgan fingerprint density at radius 3 is 2.50 bits per heavy atom. The lowest BCUT2D eigenvalue weighted by Crippen LogP contribution is -2.34. The summed E-state index contributed by atoms with van der Waals surface area (Å²) in [5.74, 6) is -2.38. The number of carbonyl (C=O) groups excluding carboxylic acids is 3. The minimum atomic E-state index is -0.494. The van der Waals surface area contributed by atoms with Crippen molar-refractivity contribution in [2.75, 3.05) is 0 Å². The van der Waals surface area contributed by atoms with Gasteiger partial charge in [0.25, 0.3) is 0 Å². The molecule has 5 nitrogen and oxygen atoms in total. The van der Waals surface area contributed by atoms with Crippen molar-refractivity contribution < 1.29 is 19.1 Å². The van der Waals surface area contributed by atoms with Crippen molar-refractivity contribution in [1.82, 2.24) is 0 Å². The molecular formula is C9H11NO4. The summed E-state index contributed by atoms with van der Waals surface area (Å²) in [7, 11) is 0. The minimum Gasteiger partial charge on any atom is -0.393 e. The number of cyclic esters (lactones) is 2. The van der Waals surface area contributed by atoms with E-state index in [2.05, 4.69) is 4.74 Å². The standard InChI is InChI=1S/C9H11NO4/c10-7(11)4-1-2-5-6(3-4)9(13)14-8(5)12/h4-6H,1-3H2,(H2,10,11). The highest BCUT2D eigenvalue weighted by Gasteiger charge is 2.48. The van der Waals surface area contributed by atoms with Gasteiger partial charge in [-0.1, -0.05) is 0 Å². The van der Waals surface area contributed by atoms with Crippen molar-refractivity contribution >= 4 is 17.8 Å². The third-order valence-corrected chi connectivity index (χ3v) is 3.06. The van der Waals surface area contributed by atoms with Crippen molar-refractivity contribution in [1.29, 1.82) is 0 Å². The van der Waals surface area contributed by atoms with Crippen LogP contribution in [0, 0.1) is 17.8 Å². The Bertz CT molecular complexity index is 312. The molecule has 2 aliphatic rings. The number of rotatable bonds is 1. The lowest BCUT2D eigenvalue weighted by atomic mass is 9.75. The van der Waals surface area contributed by atoms with Crippen LogP contribution in [0.1, 0.15) is 19.3 Å².